The Morgan fingerprint density at radius 1 is 0.906 bits per heavy atom. The number of nitrogens with one attached hydrogen (secondary N) is 1. The molecule has 1 amide bonds. The van der Waals surface area contributed by atoms with Gasteiger partial charge in [-0.3, -0.25) is 4.79 Å². The lowest BCUT2D eigenvalue weighted by atomic mass is 10.2. The maximum atomic E-state index is 13.2. The van der Waals surface area contributed by atoms with Crippen LogP contribution in [0.5, 0.6) is 0 Å². The average molecular weight is 449 g/mol. The first-order chi connectivity index (χ1) is 15.4. The number of fused-ring (bicyclic) bond motifs is 1. The molecule has 8 heteroatoms. The minimum atomic E-state index is -3.77. The van der Waals surface area contributed by atoms with Crippen LogP contribution < -0.4 is 5.32 Å². The molecule has 0 unspecified atom stereocenters. The van der Waals surface area contributed by atoms with Gasteiger partial charge in [-0.1, -0.05) is 48.5 Å². The molecule has 3 aromatic carbocycles. The highest BCUT2D eigenvalue weighted by Crippen LogP contribution is 2.30. The molecule has 0 aliphatic heterocycles. The van der Waals surface area contributed by atoms with Gasteiger partial charge < -0.3 is 14.6 Å². The molecule has 4 aromatic rings. The predicted octanol–water partition coefficient (Wildman–Crippen LogP) is 3.90. The first kappa shape index (κ1) is 21.3. The molecule has 162 valence electrons. The minimum Gasteiger partial charge on any atom is -0.465 e. The molecule has 32 heavy (non-hydrogen) atoms. The van der Waals surface area contributed by atoms with Gasteiger partial charge in [0.05, 0.1) is 28.2 Å². The van der Waals surface area contributed by atoms with Crippen molar-refractivity contribution in [2.24, 2.45) is 0 Å². The predicted molar refractivity (Wildman–Crippen MR) is 120 cm³/mol. The number of anilines is 1. The van der Waals surface area contributed by atoms with Gasteiger partial charge in [0.15, 0.2) is 0 Å². The third kappa shape index (κ3) is 4.00. The Morgan fingerprint density at radius 2 is 1.56 bits per heavy atom. The maximum absolute atomic E-state index is 13.2. The van der Waals surface area contributed by atoms with Crippen LogP contribution in [0.2, 0.25) is 0 Å². The van der Waals surface area contributed by atoms with Crippen molar-refractivity contribution in [2.75, 3.05) is 12.4 Å². The van der Waals surface area contributed by atoms with Gasteiger partial charge in [-0.25, -0.2) is 13.2 Å². The third-order valence-corrected chi connectivity index (χ3v) is 6.81. The zero-order valence-corrected chi connectivity index (χ0v) is 18.0. The van der Waals surface area contributed by atoms with E-state index in [4.69, 9.17) is 4.74 Å². The van der Waals surface area contributed by atoms with E-state index >= 15 is 0 Å². The highest BCUT2D eigenvalue weighted by Gasteiger charge is 2.24. The van der Waals surface area contributed by atoms with Crippen molar-refractivity contribution in [1.29, 1.82) is 0 Å². The van der Waals surface area contributed by atoms with E-state index in [0.29, 0.717) is 16.6 Å². The van der Waals surface area contributed by atoms with Crippen LogP contribution in [-0.4, -0.2) is 32.0 Å². The number of esters is 1. The minimum absolute atomic E-state index is 0.127. The zero-order valence-electron chi connectivity index (χ0n) is 17.2. The topological polar surface area (TPSA) is 94.5 Å². The lowest BCUT2D eigenvalue weighted by Crippen LogP contribution is -2.20. The Bertz CT molecular complexity index is 1410. The quantitative estimate of drug-likeness (QED) is 0.452. The largest absolute Gasteiger partial charge is 0.465 e. The second kappa shape index (κ2) is 8.68. The van der Waals surface area contributed by atoms with Crippen LogP contribution in [0.1, 0.15) is 10.4 Å². The number of nitrogens with zero attached hydrogens (tertiary/aromatic N) is 1. The number of hydrogen-bond acceptors (Lipinski definition) is 5. The van der Waals surface area contributed by atoms with Crippen LogP contribution in [0.15, 0.2) is 94.9 Å². The Balaban J connectivity index is 1.69. The summed E-state index contributed by atoms with van der Waals surface area (Å²) in [6.45, 7) is -0.139. The van der Waals surface area contributed by atoms with Gasteiger partial charge in [0.1, 0.15) is 6.54 Å². The van der Waals surface area contributed by atoms with Crippen molar-refractivity contribution in [2.45, 2.75) is 16.3 Å². The monoisotopic (exact) mass is 448 g/mol. The van der Waals surface area contributed by atoms with E-state index in [1.54, 1.807) is 71.3 Å². The summed E-state index contributed by atoms with van der Waals surface area (Å²) >= 11 is 0. The number of amides is 1. The molecule has 7 nitrogen and oxygen atoms in total. The van der Waals surface area contributed by atoms with Gasteiger partial charge in [-0.15, -0.1) is 0 Å². The molecule has 1 aromatic heterocycles. The van der Waals surface area contributed by atoms with Crippen LogP contribution in [0.4, 0.5) is 5.69 Å². The first-order valence-electron chi connectivity index (χ1n) is 9.77. The van der Waals surface area contributed by atoms with Gasteiger partial charge >= 0.3 is 5.97 Å². The normalized spacial score (nSPS) is 11.3. The molecule has 0 saturated carbocycles. The maximum Gasteiger partial charge on any atom is 0.339 e. The Kier molecular flexibility index (Phi) is 5.79. The Hall–Kier alpha value is -3.91. The molecule has 0 saturated heterocycles. The molecular weight excluding hydrogens is 428 g/mol. The number of ether oxygens (including phenoxy) is 1. The van der Waals surface area contributed by atoms with Crippen LogP contribution in [0, 0.1) is 0 Å². The number of sulfone groups is 1. The van der Waals surface area contributed by atoms with Crippen LogP contribution in [0.25, 0.3) is 10.9 Å². The summed E-state index contributed by atoms with van der Waals surface area (Å²) in [6, 6.07) is 21.7. The number of methoxy groups -OCH3 is 1. The molecule has 1 heterocycles. The van der Waals surface area contributed by atoms with Crippen molar-refractivity contribution in [3.05, 3.63) is 90.6 Å². The van der Waals surface area contributed by atoms with Crippen molar-refractivity contribution in [1.82, 2.24) is 4.57 Å². The van der Waals surface area contributed by atoms with Gasteiger partial charge in [0.25, 0.3) is 0 Å². The van der Waals surface area contributed by atoms with E-state index in [1.807, 2.05) is 0 Å². The van der Waals surface area contributed by atoms with Crippen molar-refractivity contribution < 1.29 is 22.7 Å². The van der Waals surface area contributed by atoms with E-state index in [-0.39, 0.29) is 21.9 Å². The van der Waals surface area contributed by atoms with E-state index in [2.05, 4.69) is 5.32 Å². The molecule has 4 rings (SSSR count). The van der Waals surface area contributed by atoms with Gasteiger partial charge in [-0.05, 0) is 30.3 Å². The zero-order chi connectivity index (χ0) is 22.7. The molecule has 0 atom stereocenters. The molecule has 1 N–H and O–H groups in total. The number of hydrogen-bond donors (Lipinski definition) is 1. The van der Waals surface area contributed by atoms with Crippen molar-refractivity contribution >= 4 is 38.3 Å². The standard InChI is InChI=1S/C24H20N2O5S/c1-31-24(28)18-11-5-7-13-20(18)25-23(27)16-26-15-22(19-12-6-8-14-21(19)26)32(29,30)17-9-3-2-4-10-17/h2-15H,16H2,1H3,(H,25,27). The number of carbonyl (C=O) groups excluding carboxylic acids is 2. The highest BCUT2D eigenvalue weighted by molar-refractivity contribution is 7.91. The SMILES string of the molecule is COC(=O)c1ccccc1NC(=O)Cn1cc(S(=O)(=O)c2ccccc2)c2ccccc21. The smallest absolute Gasteiger partial charge is 0.339 e. The second-order valence-electron chi connectivity index (χ2n) is 7.04. The molecule has 0 bridgehead atoms. The van der Waals surface area contributed by atoms with Crippen molar-refractivity contribution in [3.8, 4) is 0 Å². The summed E-state index contributed by atoms with van der Waals surface area (Å²) < 4.78 is 32.8. The van der Waals surface area contributed by atoms with Crippen LogP contribution >= 0.6 is 0 Å². The molecule has 0 radical (unpaired) electrons. The number of aromatic nitrogens is 1. The fraction of sp³-hybridized carbons (Fsp3) is 0.0833. The average Bonchev–Trinajstić information content (AvgIpc) is 3.18. The molecule has 0 spiro atoms. The molecule has 0 aliphatic carbocycles. The second-order valence-corrected chi connectivity index (χ2v) is 8.96. The third-order valence-electron chi connectivity index (χ3n) is 5.02. The van der Waals surface area contributed by atoms with Crippen LogP contribution in [-0.2, 0) is 25.9 Å². The molecular formula is C24H20N2O5S. The lowest BCUT2D eigenvalue weighted by Gasteiger charge is -2.10. The summed E-state index contributed by atoms with van der Waals surface area (Å²) in [4.78, 5) is 25.0. The molecule has 0 aliphatic rings. The van der Waals surface area contributed by atoms with E-state index < -0.39 is 21.7 Å². The number of para-hydroxylation sites is 2. The number of rotatable bonds is 6. The summed E-state index contributed by atoms with van der Waals surface area (Å²) in [5, 5.41) is 3.24. The number of benzene rings is 3. The summed E-state index contributed by atoms with van der Waals surface area (Å²) in [6.07, 6.45) is 1.47. The Morgan fingerprint density at radius 3 is 2.31 bits per heavy atom. The fourth-order valence-electron chi connectivity index (χ4n) is 3.51. The fourth-order valence-corrected chi connectivity index (χ4v) is 5.01. The summed E-state index contributed by atoms with van der Waals surface area (Å²) in [5.74, 6) is -0.977. The Labute approximate surface area is 185 Å². The molecule has 0 fully saturated rings. The summed E-state index contributed by atoms with van der Waals surface area (Å²) in [5.41, 5.74) is 1.16. The van der Waals surface area contributed by atoms with Crippen molar-refractivity contribution in [3.63, 3.8) is 0 Å². The highest BCUT2D eigenvalue weighted by atomic mass is 32.2. The van der Waals surface area contributed by atoms with Gasteiger partial charge in [0, 0.05) is 17.1 Å². The first-order valence-corrected chi connectivity index (χ1v) is 11.3. The van der Waals surface area contributed by atoms with E-state index in [1.165, 1.54) is 25.4 Å². The van der Waals surface area contributed by atoms with E-state index in [0.717, 1.165) is 0 Å². The summed E-state index contributed by atoms with van der Waals surface area (Å²) in [7, 11) is -2.51. The van der Waals surface area contributed by atoms with Crippen LogP contribution in [0.3, 0.4) is 0 Å². The van der Waals surface area contributed by atoms with Gasteiger partial charge in [0.2, 0.25) is 15.7 Å². The van der Waals surface area contributed by atoms with E-state index in [9.17, 15) is 18.0 Å². The van der Waals surface area contributed by atoms with Gasteiger partial charge in [-0.2, -0.15) is 0 Å². The number of carbonyl (C=O) groups is 2. The lowest BCUT2D eigenvalue weighted by molar-refractivity contribution is -0.116.